The number of hydrogen-bond acceptors (Lipinski definition) is 6. The van der Waals surface area contributed by atoms with Crippen LogP contribution in [0.4, 0.5) is 0 Å². The van der Waals surface area contributed by atoms with Crippen LogP contribution >= 0.6 is 15.9 Å². The van der Waals surface area contributed by atoms with E-state index < -0.39 is 10.1 Å². The minimum atomic E-state index is -4.18. The normalized spacial score (nSPS) is 12.2. The average molecular weight is 536 g/mol. The van der Waals surface area contributed by atoms with Crippen molar-refractivity contribution in [1.82, 2.24) is 9.97 Å². The smallest absolute Gasteiger partial charge is 0.341 e. The molecule has 0 fully saturated rings. The van der Waals surface area contributed by atoms with Crippen molar-refractivity contribution < 1.29 is 17.3 Å². The number of aryl methyl sites for hydroxylation is 1. The van der Waals surface area contributed by atoms with Gasteiger partial charge in [0.25, 0.3) is 0 Å². The van der Waals surface area contributed by atoms with Gasteiger partial charge in [-0.1, -0.05) is 53.7 Å². The second kappa shape index (κ2) is 9.58. The second-order valence-corrected chi connectivity index (χ2v) is 11.4. The minimum Gasteiger partial charge on any atom is -0.495 e. The molecule has 0 radical (unpaired) electrons. The zero-order valence-corrected chi connectivity index (χ0v) is 22.8. The zero-order chi connectivity index (χ0) is 24.7. The van der Waals surface area contributed by atoms with Gasteiger partial charge in [0.1, 0.15) is 16.5 Å². The van der Waals surface area contributed by atoms with E-state index in [2.05, 4.69) is 39.7 Å². The minimum absolute atomic E-state index is 0.00167. The van der Waals surface area contributed by atoms with E-state index in [4.69, 9.17) is 8.92 Å². The van der Waals surface area contributed by atoms with Gasteiger partial charge in [-0.05, 0) is 63.4 Å². The molecule has 3 aromatic rings. The molecule has 0 saturated carbocycles. The van der Waals surface area contributed by atoms with Crippen molar-refractivity contribution in [2.75, 3.05) is 7.11 Å². The van der Waals surface area contributed by atoms with E-state index in [0.717, 1.165) is 16.7 Å². The highest BCUT2D eigenvalue weighted by Crippen LogP contribution is 2.38. The molecular formula is C25H31BrN2O4S. The highest BCUT2D eigenvalue weighted by molar-refractivity contribution is 9.10. The Morgan fingerprint density at radius 1 is 0.879 bits per heavy atom. The van der Waals surface area contributed by atoms with Crippen LogP contribution in [0.5, 0.6) is 11.6 Å². The molecule has 0 unspecified atom stereocenters. The van der Waals surface area contributed by atoms with Gasteiger partial charge in [-0.2, -0.15) is 13.4 Å². The quantitative estimate of drug-likeness (QED) is 0.308. The van der Waals surface area contributed by atoms with Crippen LogP contribution in [0.25, 0.3) is 10.9 Å². The first-order valence-electron chi connectivity index (χ1n) is 11.0. The molecule has 0 aliphatic heterocycles. The van der Waals surface area contributed by atoms with Crippen LogP contribution in [-0.4, -0.2) is 25.5 Å². The van der Waals surface area contributed by atoms with E-state index in [0.29, 0.717) is 26.9 Å². The van der Waals surface area contributed by atoms with E-state index in [-0.39, 0.29) is 28.5 Å². The molecule has 2 aromatic carbocycles. The Morgan fingerprint density at radius 2 is 1.45 bits per heavy atom. The van der Waals surface area contributed by atoms with Crippen LogP contribution in [0, 0.1) is 6.92 Å². The van der Waals surface area contributed by atoms with Crippen molar-refractivity contribution in [2.45, 2.75) is 71.1 Å². The summed E-state index contributed by atoms with van der Waals surface area (Å²) in [6, 6.07) is 7.42. The summed E-state index contributed by atoms with van der Waals surface area (Å²) in [5, 5.41) is 0.479. The first-order chi connectivity index (χ1) is 15.4. The maximum Gasteiger partial charge on any atom is 0.341 e. The Balaban J connectivity index is 2.26. The van der Waals surface area contributed by atoms with Crippen molar-refractivity contribution in [3.05, 3.63) is 51.3 Å². The van der Waals surface area contributed by atoms with Crippen molar-refractivity contribution >= 4 is 37.0 Å². The summed E-state index contributed by atoms with van der Waals surface area (Å²) >= 11 is 3.45. The summed E-state index contributed by atoms with van der Waals surface area (Å²) in [6.45, 7) is 13.9. The van der Waals surface area contributed by atoms with Crippen LogP contribution in [0.1, 0.15) is 81.8 Å². The van der Waals surface area contributed by atoms with Gasteiger partial charge in [-0.3, -0.25) is 0 Å². The van der Waals surface area contributed by atoms with Gasteiger partial charge in [-0.25, -0.2) is 4.98 Å². The number of ether oxygens (including phenoxy) is 1. The van der Waals surface area contributed by atoms with Gasteiger partial charge in [0, 0.05) is 6.07 Å². The molecule has 1 heterocycles. The molecule has 0 atom stereocenters. The molecule has 0 bridgehead atoms. The Hall–Kier alpha value is -2.19. The fourth-order valence-electron chi connectivity index (χ4n) is 3.76. The Morgan fingerprint density at radius 3 is 1.94 bits per heavy atom. The van der Waals surface area contributed by atoms with E-state index in [1.165, 1.54) is 0 Å². The number of hydrogen-bond donors (Lipinski definition) is 0. The Bertz CT molecular complexity index is 1270. The second-order valence-electron chi connectivity index (χ2n) is 9.11. The number of methoxy groups -OCH3 is 1. The Kier molecular flexibility index (Phi) is 7.39. The van der Waals surface area contributed by atoms with Crippen LogP contribution in [0.2, 0.25) is 0 Å². The summed E-state index contributed by atoms with van der Waals surface area (Å²) < 4.78 is 39.3. The molecule has 0 N–H and O–H groups in total. The predicted molar refractivity (Wildman–Crippen MR) is 135 cm³/mol. The Labute approximate surface area is 205 Å². The number of benzene rings is 2. The molecule has 0 saturated heterocycles. The molecule has 8 heteroatoms. The van der Waals surface area contributed by atoms with Crippen LogP contribution in [-0.2, 0) is 10.1 Å². The van der Waals surface area contributed by atoms with Gasteiger partial charge in [0.15, 0.2) is 0 Å². The topological polar surface area (TPSA) is 78.4 Å². The fraction of sp³-hybridized carbons (Fsp3) is 0.440. The molecule has 33 heavy (non-hydrogen) atoms. The van der Waals surface area contributed by atoms with E-state index in [1.54, 1.807) is 26.2 Å². The average Bonchev–Trinajstić information content (AvgIpc) is 2.72. The predicted octanol–water partition coefficient (Wildman–Crippen LogP) is 6.85. The van der Waals surface area contributed by atoms with Gasteiger partial charge >= 0.3 is 10.1 Å². The van der Waals surface area contributed by atoms with Crippen molar-refractivity contribution in [3.8, 4) is 11.6 Å². The van der Waals surface area contributed by atoms with Crippen LogP contribution < -0.4 is 8.92 Å². The highest BCUT2D eigenvalue weighted by Gasteiger charge is 2.30. The van der Waals surface area contributed by atoms with Crippen molar-refractivity contribution in [3.63, 3.8) is 0 Å². The lowest BCUT2D eigenvalue weighted by Gasteiger charge is -2.22. The number of fused-ring (bicyclic) bond motifs is 1. The lowest BCUT2D eigenvalue weighted by Crippen LogP contribution is -2.18. The zero-order valence-electron chi connectivity index (χ0n) is 20.4. The maximum atomic E-state index is 13.8. The summed E-state index contributed by atoms with van der Waals surface area (Å²) in [4.78, 5) is 8.98. The van der Waals surface area contributed by atoms with Gasteiger partial charge in [0.05, 0.1) is 22.5 Å². The first-order valence-corrected chi connectivity index (χ1v) is 13.2. The monoisotopic (exact) mass is 534 g/mol. The van der Waals surface area contributed by atoms with Crippen molar-refractivity contribution in [2.24, 2.45) is 0 Å². The maximum absolute atomic E-state index is 13.8. The first kappa shape index (κ1) is 25.4. The van der Waals surface area contributed by atoms with Gasteiger partial charge in [-0.15, -0.1) is 0 Å². The lowest BCUT2D eigenvalue weighted by atomic mass is 9.89. The molecule has 0 aliphatic rings. The standard InChI is InChI=1S/C25H31BrN2O4S/c1-13(2)17-9-18(14(3)4)24(19(10-17)15(5)6)33(29,30)32-25-20-11-21(26)23(31-8)12-22(20)27-16(7)28-25/h9-15H,1-8H3. The number of rotatable bonds is 7. The van der Waals surface area contributed by atoms with Gasteiger partial charge < -0.3 is 8.92 Å². The summed E-state index contributed by atoms with van der Waals surface area (Å²) in [6.07, 6.45) is 0. The van der Waals surface area contributed by atoms with E-state index in [1.807, 2.05) is 39.8 Å². The molecule has 0 aliphatic carbocycles. The molecule has 1 aromatic heterocycles. The fourth-order valence-corrected chi connectivity index (χ4v) is 5.85. The van der Waals surface area contributed by atoms with Crippen molar-refractivity contribution in [1.29, 1.82) is 0 Å². The third-order valence-corrected chi connectivity index (χ3v) is 7.53. The summed E-state index contributed by atoms with van der Waals surface area (Å²) in [7, 11) is -2.62. The van der Waals surface area contributed by atoms with Crippen LogP contribution in [0.15, 0.2) is 33.6 Å². The highest BCUT2D eigenvalue weighted by atomic mass is 79.9. The summed E-state index contributed by atoms with van der Waals surface area (Å²) in [5.74, 6) is 1.26. The SMILES string of the molecule is COc1cc2nc(C)nc(OS(=O)(=O)c3c(C(C)C)cc(C(C)C)cc3C(C)C)c2cc1Br. The molecule has 178 valence electrons. The largest absolute Gasteiger partial charge is 0.495 e. The molecule has 3 rings (SSSR count). The number of aromatic nitrogens is 2. The lowest BCUT2D eigenvalue weighted by molar-refractivity contribution is 0.412. The summed E-state index contributed by atoms with van der Waals surface area (Å²) in [5.41, 5.74) is 3.16. The van der Waals surface area contributed by atoms with E-state index in [9.17, 15) is 8.42 Å². The molecule has 6 nitrogen and oxygen atoms in total. The van der Waals surface area contributed by atoms with E-state index >= 15 is 0 Å². The number of nitrogens with zero attached hydrogens (tertiary/aromatic N) is 2. The molecular weight excluding hydrogens is 504 g/mol. The number of halogens is 1. The van der Waals surface area contributed by atoms with Crippen LogP contribution in [0.3, 0.4) is 0 Å². The molecule has 0 spiro atoms. The van der Waals surface area contributed by atoms with Gasteiger partial charge in [0.2, 0.25) is 5.88 Å². The third-order valence-electron chi connectivity index (χ3n) is 5.56. The molecule has 0 amide bonds. The third kappa shape index (κ3) is 5.17.